The Morgan fingerprint density at radius 2 is 1.97 bits per heavy atom. The normalized spacial score (nSPS) is 15.8. The Labute approximate surface area is 187 Å². The Bertz CT molecular complexity index is 940. The van der Waals surface area contributed by atoms with Gasteiger partial charge in [-0.15, -0.1) is 0 Å². The van der Waals surface area contributed by atoms with Crippen LogP contribution in [0.2, 0.25) is 0 Å². The third kappa shape index (κ3) is 5.87. The van der Waals surface area contributed by atoms with E-state index in [2.05, 4.69) is 4.98 Å². The maximum Gasteiger partial charge on any atom is 0.310 e. The summed E-state index contributed by atoms with van der Waals surface area (Å²) in [5, 5.41) is 0. The first-order valence-electron chi connectivity index (χ1n) is 10.8. The molecule has 0 aliphatic carbocycles. The first-order chi connectivity index (χ1) is 15.4. The molecule has 0 bridgehead atoms. The number of carbonyl (C=O) groups is 3. The second-order valence-electron chi connectivity index (χ2n) is 7.86. The number of ether oxygens (including phenoxy) is 2. The van der Waals surface area contributed by atoms with E-state index in [1.54, 1.807) is 49.3 Å². The van der Waals surface area contributed by atoms with Gasteiger partial charge in [0.1, 0.15) is 18.2 Å². The number of imidazole rings is 1. The molecule has 2 aromatic rings. The number of hydrogen-bond donors (Lipinski definition) is 0. The summed E-state index contributed by atoms with van der Waals surface area (Å²) in [6, 6.07) is 6.80. The summed E-state index contributed by atoms with van der Waals surface area (Å²) in [6.07, 6.45) is 5.01. The van der Waals surface area contributed by atoms with Gasteiger partial charge in [0.05, 0.1) is 19.1 Å². The first kappa shape index (κ1) is 23.3. The molecule has 1 aromatic carbocycles. The SMILES string of the molecule is CCOC(=O)C1CCCN(C(=O)CN(C)C(=O)c2ccc(OCc3nccn3C)cc2)C1. The van der Waals surface area contributed by atoms with Gasteiger partial charge in [0.15, 0.2) is 0 Å². The maximum absolute atomic E-state index is 12.7. The van der Waals surface area contributed by atoms with Crippen LogP contribution in [0, 0.1) is 5.92 Å². The number of likely N-dealkylation sites (tertiary alicyclic amines) is 1. The van der Waals surface area contributed by atoms with Crippen molar-refractivity contribution < 1.29 is 23.9 Å². The lowest BCUT2D eigenvalue weighted by atomic mass is 9.98. The second kappa shape index (κ2) is 10.8. The number of aromatic nitrogens is 2. The van der Waals surface area contributed by atoms with E-state index in [9.17, 15) is 14.4 Å². The van der Waals surface area contributed by atoms with E-state index in [-0.39, 0.29) is 30.2 Å². The van der Waals surface area contributed by atoms with E-state index in [1.807, 2.05) is 17.8 Å². The molecular formula is C23H30N4O5. The lowest BCUT2D eigenvalue weighted by Crippen LogP contribution is -2.47. The van der Waals surface area contributed by atoms with E-state index in [1.165, 1.54) is 4.90 Å². The first-order valence-corrected chi connectivity index (χ1v) is 10.8. The quantitative estimate of drug-likeness (QED) is 0.580. The van der Waals surface area contributed by atoms with Gasteiger partial charge < -0.3 is 23.8 Å². The Kier molecular flexibility index (Phi) is 7.86. The molecule has 1 saturated heterocycles. The number of aryl methyl sites for hydroxylation is 1. The molecular weight excluding hydrogens is 412 g/mol. The van der Waals surface area contributed by atoms with Crippen LogP contribution in [-0.4, -0.2) is 70.4 Å². The molecule has 172 valence electrons. The smallest absolute Gasteiger partial charge is 0.310 e. The molecule has 2 amide bonds. The number of hydrogen-bond acceptors (Lipinski definition) is 6. The lowest BCUT2D eigenvalue weighted by Gasteiger charge is -2.32. The summed E-state index contributed by atoms with van der Waals surface area (Å²) in [6.45, 7) is 3.29. The fraction of sp³-hybridized carbons (Fsp3) is 0.478. The number of benzene rings is 1. The molecule has 1 unspecified atom stereocenters. The molecule has 9 nitrogen and oxygen atoms in total. The van der Waals surface area contributed by atoms with Crippen LogP contribution in [0.15, 0.2) is 36.7 Å². The van der Waals surface area contributed by atoms with Crippen LogP contribution in [-0.2, 0) is 28.0 Å². The predicted molar refractivity (Wildman–Crippen MR) is 117 cm³/mol. The maximum atomic E-state index is 12.7. The molecule has 1 aromatic heterocycles. The summed E-state index contributed by atoms with van der Waals surface area (Å²) in [7, 11) is 3.49. The van der Waals surface area contributed by atoms with Crippen molar-refractivity contribution in [1.82, 2.24) is 19.4 Å². The Morgan fingerprint density at radius 3 is 2.62 bits per heavy atom. The van der Waals surface area contributed by atoms with Gasteiger partial charge in [-0.3, -0.25) is 14.4 Å². The number of piperidine rings is 1. The number of amides is 2. The number of carbonyl (C=O) groups excluding carboxylic acids is 3. The highest BCUT2D eigenvalue weighted by Crippen LogP contribution is 2.19. The fourth-order valence-corrected chi connectivity index (χ4v) is 3.63. The zero-order valence-electron chi connectivity index (χ0n) is 18.8. The highest BCUT2D eigenvalue weighted by Gasteiger charge is 2.30. The molecule has 0 saturated carbocycles. The van der Waals surface area contributed by atoms with Crippen molar-refractivity contribution in [3.05, 3.63) is 48.0 Å². The molecule has 2 heterocycles. The number of rotatable bonds is 8. The van der Waals surface area contributed by atoms with Crippen molar-refractivity contribution >= 4 is 17.8 Å². The summed E-state index contributed by atoms with van der Waals surface area (Å²) in [4.78, 5) is 44.7. The minimum atomic E-state index is -0.299. The van der Waals surface area contributed by atoms with E-state index < -0.39 is 0 Å². The zero-order valence-corrected chi connectivity index (χ0v) is 18.8. The van der Waals surface area contributed by atoms with Crippen LogP contribution >= 0.6 is 0 Å². The monoisotopic (exact) mass is 442 g/mol. The molecule has 0 N–H and O–H groups in total. The third-order valence-electron chi connectivity index (χ3n) is 5.50. The minimum Gasteiger partial charge on any atom is -0.486 e. The average Bonchev–Trinajstić information content (AvgIpc) is 3.22. The molecule has 0 spiro atoms. The molecule has 1 aliphatic rings. The predicted octanol–water partition coefficient (Wildman–Crippen LogP) is 1.87. The van der Waals surface area contributed by atoms with Gasteiger partial charge in [-0.05, 0) is 44.0 Å². The number of esters is 1. The highest BCUT2D eigenvalue weighted by molar-refractivity contribution is 5.96. The van der Waals surface area contributed by atoms with Crippen LogP contribution in [0.1, 0.15) is 35.9 Å². The van der Waals surface area contributed by atoms with Gasteiger partial charge in [0, 0.05) is 45.1 Å². The average molecular weight is 443 g/mol. The van der Waals surface area contributed by atoms with E-state index in [4.69, 9.17) is 9.47 Å². The van der Waals surface area contributed by atoms with E-state index in [0.29, 0.717) is 44.0 Å². The summed E-state index contributed by atoms with van der Waals surface area (Å²) < 4.78 is 12.7. The van der Waals surface area contributed by atoms with E-state index in [0.717, 1.165) is 12.2 Å². The van der Waals surface area contributed by atoms with Crippen molar-refractivity contribution in [2.24, 2.45) is 13.0 Å². The van der Waals surface area contributed by atoms with Crippen LogP contribution in [0.5, 0.6) is 5.75 Å². The van der Waals surface area contributed by atoms with Crippen LogP contribution in [0.4, 0.5) is 0 Å². The van der Waals surface area contributed by atoms with Gasteiger partial charge in [0.25, 0.3) is 5.91 Å². The molecule has 0 radical (unpaired) electrons. The summed E-state index contributed by atoms with van der Waals surface area (Å²) in [5.74, 6) is 0.428. The number of nitrogens with zero attached hydrogens (tertiary/aromatic N) is 4. The summed E-state index contributed by atoms with van der Waals surface area (Å²) >= 11 is 0. The number of likely N-dealkylation sites (N-methyl/N-ethyl adjacent to an activating group) is 1. The van der Waals surface area contributed by atoms with Gasteiger partial charge in [-0.25, -0.2) is 4.98 Å². The molecule has 32 heavy (non-hydrogen) atoms. The van der Waals surface area contributed by atoms with Crippen molar-refractivity contribution in [2.45, 2.75) is 26.4 Å². The lowest BCUT2D eigenvalue weighted by molar-refractivity contribution is -0.151. The molecule has 1 aliphatic heterocycles. The van der Waals surface area contributed by atoms with Crippen molar-refractivity contribution in [2.75, 3.05) is 33.3 Å². The van der Waals surface area contributed by atoms with Crippen molar-refractivity contribution in [3.8, 4) is 5.75 Å². The van der Waals surface area contributed by atoms with Crippen molar-refractivity contribution in [1.29, 1.82) is 0 Å². The zero-order chi connectivity index (χ0) is 23.1. The Balaban J connectivity index is 1.51. The molecule has 3 rings (SSSR count). The minimum absolute atomic E-state index is 0.0498. The Hall–Kier alpha value is -3.36. The van der Waals surface area contributed by atoms with Crippen molar-refractivity contribution in [3.63, 3.8) is 0 Å². The Morgan fingerprint density at radius 1 is 1.22 bits per heavy atom. The van der Waals surface area contributed by atoms with E-state index >= 15 is 0 Å². The highest BCUT2D eigenvalue weighted by atomic mass is 16.5. The third-order valence-corrected chi connectivity index (χ3v) is 5.50. The van der Waals surface area contributed by atoms with Gasteiger partial charge in [0.2, 0.25) is 5.91 Å². The topological polar surface area (TPSA) is 94.0 Å². The molecule has 1 atom stereocenters. The fourth-order valence-electron chi connectivity index (χ4n) is 3.63. The molecule has 1 fully saturated rings. The second-order valence-corrected chi connectivity index (χ2v) is 7.86. The van der Waals surface area contributed by atoms with Gasteiger partial charge in [-0.1, -0.05) is 0 Å². The standard InChI is InChI=1S/C23H30N4O5/c1-4-31-23(30)18-6-5-12-27(14-18)21(28)15-26(3)22(29)17-7-9-19(10-8-17)32-16-20-24-11-13-25(20)2/h7-11,13,18H,4-6,12,14-16H2,1-3H3. The van der Waals surface area contributed by atoms with Gasteiger partial charge in [-0.2, -0.15) is 0 Å². The van der Waals surface area contributed by atoms with Crippen LogP contribution in [0.3, 0.4) is 0 Å². The summed E-state index contributed by atoms with van der Waals surface area (Å²) in [5.41, 5.74) is 0.465. The van der Waals surface area contributed by atoms with Crippen LogP contribution in [0.25, 0.3) is 0 Å². The molecule has 9 heteroatoms. The van der Waals surface area contributed by atoms with Gasteiger partial charge >= 0.3 is 5.97 Å². The van der Waals surface area contributed by atoms with Crippen LogP contribution < -0.4 is 4.74 Å². The largest absolute Gasteiger partial charge is 0.486 e.